The third-order valence-electron chi connectivity index (χ3n) is 4.27. The lowest BCUT2D eigenvalue weighted by Gasteiger charge is -2.19. The van der Waals surface area contributed by atoms with E-state index in [9.17, 15) is 18.9 Å². The molecule has 1 N–H and O–H groups in total. The maximum atomic E-state index is 13.2. The molecule has 10 nitrogen and oxygen atoms in total. The van der Waals surface area contributed by atoms with Crippen molar-refractivity contribution in [3.05, 3.63) is 22.5 Å². The number of H-pyrrole nitrogens is 1. The van der Waals surface area contributed by atoms with Crippen LogP contribution < -0.4 is 0 Å². The van der Waals surface area contributed by atoms with Gasteiger partial charge in [-0.15, -0.1) is 0 Å². The van der Waals surface area contributed by atoms with E-state index >= 15 is 0 Å². The van der Waals surface area contributed by atoms with Gasteiger partial charge in [0.25, 0.3) is 0 Å². The van der Waals surface area contributed by atoms with Gasteiger partial charge >= 0.3 is 25.5 Å². The molecule has 0 atom stereocenters. The summed E-state index contributed by atoms with van der Waals surface area (Å²) in [5, 5.41) is 0. The van der Waals surface area contributed by atoms with E-state index in [1.807, 2.05) is 0 Å². The van der Waals surface area contributed by atoms with Crippen molar-refractivity contribution < 1.29 is 42.2 Å². The highest BCUT2D eigenvalue weighted by Gasteiger charge is 2.32. The number of carbonyl (C=O) groups is 3. The van der Waals surface area contributed by atoms with E-state index in [1.54, 1.807) is 34.6 Å². The van der Waals surface area contributed by atoms with Crippen LogP contribution >= 0.6 is 7.60 Å². The monoisotopic (exact) mass is 475 g/mol. The summed E-state index contributed by atoms with van der Waals surface area (Å²) < 4.78 is 38.9. The fourth-order valence-corrected chi connectivity index (χ4v) is 4.72. The molecular formula is C21H34NO9P. The number of rotatable bonds is 12. The Labute approximate surface area is 188 Å². The molecule has 1 aromatic heterocycles. The van der Waals surface area contributed by atoms with Crippen molar-refractivity contribution in [3.8, 4) is 0 Å². The maximum absolute atomic E-state index is 13.2. The van der Waals surface area contributed by atoms with Crippen molar-refractivity contribution in [2.24, 2.45) is 0 Å². The molecule has 0 aliphatic heterocycles. The first kappa shape index (κ1) is 27.9. The molecule has 0 unspecified atom stereocenters. The van der Waals surface area contributed by atoms with Crippen LogP contribution in [0.1, 0.15) is 68.3 Å². The van der Waals surface area contributed by atoms with Gasteiger partial charge < -0.3 is 28.2 Å². The molecule has 1 heterocycles. The molecular weight excluding hydrogens is 441 g/mol. The zero-order valence-corrected chi connectivity index (χ0v) is 20.8. The molecule has 0 aromatic carbocycles. The lowest BCUT2D eigenvalue weighted by molar-refractivity contribution is -0.141. The molecule has 1 rings (SSSR count). The van der Waals surface area contributed by atoms with Crippen molar-refractivity contribution in [3.63, 3.8) is 0 Å². The van der Waals surface area contributed by atoms with Crippen LogP contribution in [0.2, 0.25) is 0 Å². The summed E-state index contributed by atoms with van der Waals surface area (Å²) in [6.07, 6.45) is -0.348. The molecule has 0 fully saturated rings. The number of hydrogen-bond acceptors (Lipinski definition) is 9. The Morgan fingerprint density at radius 2 is 1.50 bits per heavy atom. The van der Waals surface area contributed by atoms with E-state index in [4.69, 9.17) is 23.3 Å². The number of esters is 3. The minimum Gasteiger partial charge on any atom is -0.469 e. The fraction of sp³-hybridized carbons (Fsp3) is 0.667. The van der Waals surface area contributed by atoms with Crippen LogP contribution in [0.25, 0.3) is 0 Å². The quantitative estimate of drug-likeness (QED) is 0.274. The van der Waals surface area contributed by atoms with Crippen molar-refractivity contribution in [2.75, 3.05) is 27.4 Å². The van der Waals surface area contributed by atoms with Gasteiger partial charge in [0.2, 0.25) is 0 Å². The van der Waals surface area contributed by atoms with Gasteiger partial charge in [-0.25, -0.2) is 4.79 Å². The smallest absolute Gasteiger partial charge is 0.355 e. The molecule has 0 aliphatic rings. The zero-order valence-electron chi connectivity index (χ0n) is 19.9. The predicted molar refractivity (Wildman–Crippen MR) is 117 cm³/mol. The minimum atomic E-state index is -3.57. The SMILES string of the molecule is CCOP(=O)(Cc1[nH]c(C(=O)OC(C)(C)C)c(CCC(=O)OC)c1CC(=O)OC)OCC. The molecule has 0 spiro atoms. The molecule has 1 aromatic rings. The highest BCUT2D eigenvalue weighted by Crippen LogP contribution is 2.52. The van der Waals surface area contributed by atoms with Gasteiger partial charge in [-0.1, -0.05) is 0 Å². The maximum Gasteiger partial charge on any atom is 0.355 e. The molecule has 32 heavy (non-hydrogen) atoms. The van der Waals surface area contributed by atoms with Gasteiger partial charge in [-0.05, 0) is 52.2 Å². The lowest BCUT2D eigenvalue weighted by atomic mass is 10.0. The van der Waals surface area contributed by atoms with Crippen LogP contribution in [-0.4, -0.2) is 55.9 Å². The van der Waals surface area contributed by atoms with Crippen molar-refractivity contribution in [1.29, 1.82) is 0 Å². The highest BCUT2D eigenvalue weighted by molar-refractivity contribution is 7.53. The Hall–Kier alpha value is -2.16. The largest absolute Gasteiger partial charge is 0.469 e. The van der Waals surface area contributed by atoms with E-state index in [0.29, 0.717) is 16.8 Å². The second-order valence-corrected chi connectivity index (χ2v) is 9.93. The van der Waals surface area contributed by atoms with Crippen molar-refractivity contribution in [1.82, 2.24) is 4.98 Å². The summed E-state index contributed by atoms with van der Waals surface area (Å²) in [4.78, 5) is 39.8. The van der Waals surface area contributed by atoms with Crippen LogP contribution in [0.5, 0.6) is 0 Å². The fourth-order valence-electron chi connectivity index (χ4n) is 3.02. The van der Waals surface area contributed by atoms with Crippen molar-refractivity contribution >= 4 is 25.5 Å². The van der Waals surface area contributed by atoms with Gasteiger partial charge in [0.1, 0.15) is 11.3 Å². The van der Waals surface area contributed by atoms with Gasteiger partial charge in [0.15, 0.2) is 0 Å². The Kier molecular flexibility index (Phi) is 10.6. The van der Waals surface area contributed by atoms with E-state index in [2.05, 4.69) is 4.98 Å². The molecule has 0 amide bonds. The van der Waals surface area contributed by atoms with E-state index in [0.717, 1.165) is 0 Å². The first-order valence-electron chi connectivity index (χ1n) is 10.4. The standard InChI is InChI=1S/C21H34NO9P/c1-8-29-32(26,30-9-2)13-16-15(12-18(24)28-7)14(10-11-17(23)27-6)19(22-16)20(25)31-21(3,4)5/h22H,8-13H2,1-7H3. The number of ether oxygens (including phenoxy) is 3. The predicted octanol–water partition coefficient (Wildman–Crippen LogP) is 3.56. The zero-order chi connectivity index (χ0) is 24.5. The van der Waals surface area contributed by atoms with E-state index in [1.165, 1.54) is 14.2 Å². The van der Waals surface area contributed by atoms with Crippen molar-refractivity contribution in [2.45, 2.75) is 65.6 Å². The summed E-state index contributed by atoms with van der Waals surface area (Å²) in [6, 6.07) is 0. The van der Waals surface area contributed by atoms with Crippen LogP contribution in [0.4, 0.5) is 0 Å². The van der Waals surface area contributed by atoms with Crippen LogP contribution in [0.3, 0.4) is 0 Å². The average Bonchev–Trinajstić information content (AvgIpc) is 3.01. The highest BCUT2D eigenvalue weighted by atomic mass is 31.2. The summed E-state index contributed by atoms with van der Waals surface area (Å²) >= 11 is 0. The van der Waals surface area contributed by atoms with Gasteiger partial charge in [0.05, 0.1) is 40.0 Å². The first-order valence-corrected chi connectivity index (χ1v) is 12.1. The molecule has 0 aliphatic carbocycles. The third kappa shape index (κ3) is 8.41. The number of aromatic amines is 1. The summed E-state index contributed by atoms with van der Waals surface area (Å²) in [7, 11) is -1.07. The molecule has 0 bridgehead atoms. The minimum absolute atomic E-state index is 0.0354. The summed E-state index contributed by atoms with van der Waals surface area (Å²) in [5.41, 5.74) is 0.389. The Morgan fingerprint density at radius 3 is 1.97 bits per heavy atom. The van der Waals surface area contributed by atoms with Gasteiger partial charge in [0, 0.05) is 12.1 Å². The second kappa shape index (κ2) is 12.2. The second-order valence-electron chi connectivity index (χ2n) is 7.87. The van der Waals surface area contributed by atoms with E-state index < -0.39 is 31.1 Å². The Bertz CT molecular complexity index is 844. The Balaban J connectivity index is 3.59. The number of methoxy groups -OCH3 is 2. The molecule has 182 valence electrons. The van der Waals surface area contributed by atoms with Crippen LogP contribution in [-0.2, 0) is 56.4 Å². The number of nitrogens with one attached hydrogen (secondary N) is 1. The van der Waals surface area contributed by atoms with Gasteiger partial charge in [-0.3, -0.25) is 14.2 Å². The topological polar surface area (TPSA) is 130 Å². The molecule has 0 saturated heterocycles. The number of carbonyl (C=O) groups excluding carboxylic acids is 3. The Morgan fingerprint density at radius 1 is 0.938 bits per heavy atom. The van der Waals surface area contributed by atoms with Crippen LogP contribution in [0.15, 0.2) is 0 Å². The van der Waals surface area contributed by atoms with Crippen LogP contribution in [0, 0.1) is 0 Å². The summed E-state index contributed by atoms with van der Waals surface area (Å²) in [6.45, 7) is 8.83. The normalized spacial score (nSPS) is 11.8. The lowest BCUT2D eigenvalue weighted by Crippen LogP contribution is -2.25. The third-order valence-corrected chi connectivity index (χ3v) is 6.27. The van der Waals surface area contributed by atoms with E-state index in [-0.39, 0.29) is 44.3 Å². The van der Waals surface area contributed by atoms with Gasteiger partial charge in [-0.2, -0.15) is 0 Å². The average molecular weight is 475 g/mol. The number of aromatic nitrogens is 1. The number of hydrogen-bond donors (Lipinski definition) is 1. The molecule has 0 radical (unpaired) electrons. The summed E-state index contributed by atoms with van der Waals surface area (Å²) in [5.74, 6) is -1.72. The first-order chi connectivity index (χ1) is 14.9. The molecule has 0 saturated carbocycles. The molecule has 11 heteroatoms.